The third-order valence-corrected chi connectivity index (χ3v) is 5.31. The number of halogens is 2. The van der Waals surface area contributed by atoms with E-state index >= 15 is 0 Å². The molecule has 1 atom stereocenters. The summed E-state index contributed by atoms with van der Waals surface area (Å²) in [6.45, 7) is 2.68. The number of rotatable bonds is 2. The van der Waals surface area contributed by atoms with E-state index in [1.807, 2.05) is 6.92 Å². The summed E-state index contributed by atoms with van der Waals surface area (Å²) in [6, 6.07) is 4.31. The number of benzene rings is 1. The highest BCUT2D eigenvalue weighted by molar-refractivity contribution is 8.13. The highest BCUT2D eigenvalue weighted by Gasteiger charge is 2.25. The van der Waals surface area contributed by atoms with Crippen molar-refractivity contribution in [2.45, 2.75) is 37.1 Å². The topological polar surface area (TPSA) is 54.5 Å². The average molecular weight is 336 g/mol. The number of likely N-dealkylation sites (tertiary alicyclic amines) is 1. The van der Waals surface area contributed by atoms with Gasteiger partial charge >= 0.3 is 0 Å². The normalized spacial score (nSPS) is 19.9. The van der Waals surface area contributed by atoms with Crippen LogP contribution in [0.4, 0.5) is 0 Å². The van der Waals surface area contributed by atoms with Crippen LogP contribution >= 0.6 is 22.3 Å². The molecule has 0 spiro atoms. The molecule has 1 aliphatic rings. The lowest BCUT2D eigenvalue weighted by Gasteiger charge is -2.33. The monoisotopic (exact) mass is 335 g/mol. The number of nitrogens with zero attached hydrogens (tertiary/aromatic N) is 1. The Kier molecular flexibility index (Phi) is 4.62. The van der Waals surface area contributed by atoms with Gasteiger partial charge in [-0.1, -0.05) is 11.6 Å². The number of piperidine rings is 1. The molecular weight excluding hydrogens is 321 g/mol. The number of carbonyl (C=O) groups excluding carboxylic acids is 1. The SMILES string of the molecule is CC1CCCCN1C(=O)c1ccc(Cl)c(S(=O)(=O)Cl)c1. The number of amides is 1. The molecule has 0 N–H and O–H groups in total. The summed E-state index contributed by atoms with van der Waals surface area (Å²) in [5.41, 5.74) is 0.294. The minimum absolute atomic E-state index is 0.0169. The first-order chi connectivity index (χ1) is 9.30. The first-order valence-corrected chi connectivity index (χ1v) is 9.04. The molecule has 0 saturated carbocycles. The lowest BCUT2D eigenvalue weighted by Crippen LogP contribution is -2.42. The molecule has 1 heterocycles. The van der Waals surface area contributed by atoms with Gasteiger partial charge in [0.1, 0.15) is 4.90 Å². The second kappa shape index (κ2) is 5.92. The van der Waals surface area contributed by atoms with Crippen LogP contribution in [0.2, 0.25) is 5.02 Å². The van der Waals surface area contributed by atoms with Gasteiger partial charge in [-0.15, -0.1) is 0 Å². The molecule has 4 nitrogen and oxygen atoms in total. The van der Waals surface area contributed by atoms with Crippen LogP contribution in [0.15, 0.2) is 23.1 Å². The second-order valence-electron chi connectivity index (χ2n) is 4.93. The summed E-state index contributed by atoms with van der Waals surface area (Å²) in [4.78, 5) is 14.0. The fraction of sp³-hybridized carbons (Fsp3) is 0.462. The van der Waals surface area contributed by atoms with Crippen LogP contribution in [0.5, 0.6) is 0 Å². The van der Waals surface area contributed by atoms with Gasteiger partial charge in [0.15, 0.2) is 0 Å². The molecule has 7 heteroatoms. The van der Waals surface area contributed by atoms with Crippen molar-refractivity contribution in [3.63, 3.8) is 0 Å². The Hall–Kier alpha value is -0.780. The predicted molar refractivity (Wildman–Crippen MR) is 78.8 cm³/mol. The van der Waals surface area contributed by atoms with Crippen molar-refractivity contribution in [3.8, 4) is 0 Å². The molecule has 0 aromatic heterocycles. The molecule has 0 aliphatic carbocycles. The molecule has 1 aliphatic heterocycles. The molecule has 1 unspecified atom stereocenters. The van der Waals surface area contributed by atoms with Crippen LogP contribution in [-0.4, -0.2) is 31.8 Å². The Morgan fingerprint density at radius 2 is 2.05 bits per heavy atom. The quantitative estimate of drug-likeness (QED) is 0.779. The van der Waals surface area contributed by atoms with E-state index < -0.39 is 9.05 Å². The third kappa shape index (κ3) is 3.27. The second-order valence-corrected chi connectivity index (χ2v) is 7.87. The summed E-state index contributed by atoms with van der Waals surface area (Å²) in [7, 11) is 1.35. The smallest absolute Gasteiger partial charge is 0.262 e. The first kappa shape index (κ1) is 15.6. The predicted octanol–water partition coefficient (Wildman–Crippen LogP) is 3.28. The molecule has 1 aromatic carbocycles. The van der Waals surface area contributed by atoms with Crippen LogP contribution in [0.25, 0.3) is 0 Å². The van der Waals surface area contributed by atoms with Gasteiger partial charge in [-0.25, -0.2) is 8.42 Å². The highest BCUT2D eigenvalue weighted by atomic mass is 35.7. The molecule has 2 rings (SSSR count). The van der Waals surface area contributed by atoms with Gasteiger partial charge < -0.3 is 4.90 Å². The highest BCUT2D eigenvalue weighted by Crippen LogP contribution is 2.27. The van der Waals surface area contributed by atoms with Crippen molar-refractivity contribution >= 4 is 37.2 Å². The van der Waals surface area contributed by atoms with Gasteiger partial charge in [0, 0.05) is 28.8 Å². The Morgan fingerprint density at radius 3 is 2.65 bits per heavy atom. The van der Waals surface area contributed by atoms with E-state index in [0.717, 1.165) is 19.3 Å². The molecule has 1 amide bonds. The molecule has 1 aromatic rings. The van der Waals surface area contributed by atoms with Crippen molar-refractivity contribution in [3.05, 3.63) is 28.8 Å². The Bertz CT molecular complexity index is 631. The zero-order valence-corrected chi connectivity index (χ0v) is 13.3. The largest absolute Gasteiger partial charge is 0.336 e. The molecule has 1 fully saturated rings. The van der Waals surface area contributed by atoms with E-state index in [9.17, 15) is 13.2 Å². The summed E-state index contributed by atoms with van der Waals surface area (Å²) in [5, 5.41) is 0.0169. The van der Waals surface area contributed by atoms with Gasteiger partial charge in [-0.3, -0.25) is 4.79 Å². The zero-order valence-electron chi connectivity index (χ0n) is 11.0. The van der Waals surface area contributed by atoms with E-state index in [0.29, 0.717) is 12.1 Å². The van der Waals surface area contributed by atoms with E-state index in [-0.39, 0.29) is 21.9 Å². The average Bonchev–Trinajstić information content (AvgIpc) is 2.37. The van der Waals surface area contributed by atoms with Crippen molar-refractivity contribution in [1.29, 1.82) is 0 Å². The number of carbonyl (C=O) groups is 1. The Balaban J connectivity index is 2.36. The molecule has 20 heavy (non-hydrogen) atoms. The summed E-state index contributed by atoms with van der Waals surface area (Å²) in [6.07, 6.45) is 3.02. The first-order valence-electron chi connectivity index (χ1n) is 6.36. The van der Waals surface area contributed by atoms with Crippen molar-refractivity contribution in [2.24, 2.45) is 0 Å². The summed E-state index contributed by atoms with van der Waals surface area (Å²) >= 11 is 5.81. The molecule has 0 bridgehead atoms. The maximum Gasteiger partial charge on any atom is 0.262 e. The fourth-order valence-electron chi connectivity index (χ4n) is 2.39. The fourth-order valence-corrected chi connectivity index (χ4v) is 3.88. The van der Waals surface area contributed by atoms with E-state index in [1.165, 1.54) is 18.2 Å². The molecule has 1 saturated heterocycles. The van der Waals surface area contributed by atoms with E-state index in [2.05, 4.69) is 0 Å². The van der Waals surface area contributed by atoms with Crippen molar-refractivity contribution in [1.82, 2.24) is 4.90 Å². The van der Waals surface area contributed by atoms with Gasteiger partial charge in [0.2, 0.25) is 0 Å². The lowest BCUT2D eigenvalue weighted by molar-refractivity contribution is 0.0635. The number of hydrogen-bond donors (Lipinski definition) is 0. The zero-order chi connectivity index (χ0) is 14.9. The Morgan fingerprint density at radius 1 is 1.35 bits per heavy atom. The Labute approximate surface area is 128 Å². The lowest BCUT2D eigenvalue weighted by atomic mass is 10.0. The molecule has 110 valence electrons. The third-order valence-electron chi connectivity index (χ3n) is 3.50. The van der Waals surface area contributed by atoms with Gasteiger partial charge in [-0.05, 0) is 44.4 Å². The van der Waals surface area contributed by atoms with Crippen LogP contribution < -0.4 is 0 Å². The minimum atomic E-state index is -3.96. The van der Waals surface area contributed by atoms with Crippen molar-refractivity contribution < 1.29 is 13.2 Å². The van der Waals surface area contributed by atoms with Crippen LogP contribution in [0, 0.1) is 0 Å². The van der Waals surface area contributed by atoms with Crippen LogP contribution in [-0.2, 0) is 9.05 Å². The number of hydrogen-bond acceptors (Lipinski definition) is 3. The van der Waals surface area contributed by atoms with Crippen molar-refractivity contribution in [2.75, 3.05) is 6.54 Å². The summed E-state index contributed by atoms with van der Waals surface area (Å²) < 4.78 is 22.9. The van der Waals surface area contributed by atoms with E-state index in [4.69, 9.17) is 22.3 Å². The van der Waals surface area contributed by atoms with Gasteiger partial charge in [0.25, 0.3) is 15.0 Å². The van der Waals surface area contributed by atoms with Gasteiger partial charge in [-0.2, -0.15) is 0 Å². The summed E-state index contributed by atoms with van der Waals surface area (Å²) in [5.74, 6) is -0.185. The van der Waals surface area contributed by atoms with Crippen LogP contribution in [0.3, 0.4) is 0 Å². The van der Waals surface area contributed by atoms with E-state index in [1.54, 1.807) is 4.90 Å². The molecule has 0 radical (unpaired) electrons. The maximum absolute atomic E-state index is 12.4. The minimum Gasteiger partial charge on any atom is -0.336 e. The molecular formula is C13H15Cl2NO3S. The standard InChI is InChI=1S/C13H15Cl2NO3S/c1-9-4-2-3-7-16(9)13(17)10-5-6-11(14)12(8-10)20(15,18)19/h5-6,8-9H,2-4,7H2,1H3. The maximum atomic E-state index is 12.4. The van der Waals surface area contributed by atoms with Crippen LogP contribution in [0.1, 0.15) is 36.5 Å². The van der Waals surface area contributed by atoms with Gasteiger partial charge in [0.05, 0.1) is 5.02 Å².